The molecule has 0 radical (unpaired) electrons. The van der Waals surface area contributed by atoms with Crippen LogP contribution in [0.4, 0.5) is 5.69 Å². The second-order valence-corrected chi connectivity index (χ2v) is 6.21. The van der Waals surface area contributed by atoms with Gasteiger partial charge in [-0.05, 0) is 40.5 Å². The molecule has 0 aliphatic rings. The van der Waals surface area contributed by atoms with Crippen LogP contribution in [0.25, 0.3) is 11.1 Å². The lowest BCUT2D eigenvalue weighted by molar-refractivity contribution is 1.58. The third-order valence-corrected chi connectivity index (χ3v) is 4.25. The Kier molecular flexibility index (Phi) is 3.05. The highest BCUT2D eigenvalue weighted by atomic mass is 79.9. The number of nitrogens with two attached hydrogens (primary N) is 1. The molecule has 0 saturated carbocycles. The van der Waals surface area contributed by atoms with E-state index in [0.29, 0.717) is 0 Å². The monoisotopic (exact) mass is 301 g/mol. The van der Waals surface area contributed by atoms with Crippen LogP contribution in [-0.4, -0.2) is 0 Å². The van der Waals surface area contributed by atoms with Gasteiger partial charge in [0.1, 0.15) is 0 Å². The lowest BCUT2D eigenvalue weighted by Gasteiger charge is -2.03. The van der Waals surface area contributed by atoms with Crippen LogP contribution < -0.4 is 5.73 Å². The summed E-state index contributed by atoms with van der Waals surface area (Å²) >= 11 is 11.0. The van der Waals surface area contributed by atoms with Crippen molar-refractivity contribution in [1.29, 1.82) is 0 Å². The SMILES string of the molecule is Cc1sc(Br)c(N)c1-c1cccc(Cl)c1. The molecule has 15 heavy (non-hydrogen) atoms. The molecular weight excluding hydrogens is 294 g/mol. The lowest BCUT2D eigenvalue weighted by atomic mass is 10.1. The highest BCUT2D eigenvalue weighted by molar-refractivity contribution is 9.11. The molecule has 0 aliphatic heterocycles. The van der Waals surface area contributed by atoms with Crippen molar-refractivity contribution in [3.8, 4) is 11.1 Å². The quantitative estimate of drug-likeness (QED) is 0.810. The van der Waals surface area contributed by atoms with Crippen LogP contribution in [0.2, 0.25) is 5.02 Å². The van der Waals surface area contributed by atoms with E-state index in [4.69, 9.17) is 17.3 Å². The molecule has 0 aliphatic carbocycles. The molecule has 2 rings (SSSR count). The maximum atomic E-state index is 6.01. The van der Waals surface area contributed by atoms with Gasteiger partial charge < -0.3 is 5.73 Å². The Hall–Kier alpha value is -0.510. The van der Waals surface area contributed by atoms with Gasteiger partial charge in [-0.15, -0.1) is 11.3 Å². The van der Waals surface area contributed by atoms with Gasteiger partial charge in [-0.1, -0.05) is 23.7 Å². The molecule has 0 spiro atoms. The van der Waals surface area contributed by atoms with Gasteiger partial charge in [0.15, 0.2) is 0 Å². The Morgan fingerprint density at radius 2 is 2.13 bits per heavy atom. The van der Waals surface area contributed by atoms with E-state index < -0.39 is 0 Å². The fourth-order valence-corrected chi connectivity index (χ4v) is 3.46. The standard InChI is InChI=1S/C11H9BrClNS/c1-6-9(10(14)11(12)15-6)7-3-2-4-8(13)5-7/h2-5H,14H2,1H3. The molecule has 0 fully saturated rings. The third-order valence-electron chi connectivity index (χ3n) is 2.19. The van der Waals surface area contributed by atoms with E-state index >= 15 is 0 Å². The summed E-state index contributed by atoms with van der Waals surface area (Å²) in [4.78, 5) is 1.20. The van der Waals surface area contributed by atoms with E-state index in [1.165, 1.54) is 4.88 Å². The highest BCUT2D eigenvalue weighted by Gasteiger charge is 2.12. The van der Waals surface area contributed by atoms with Crippen LogP contribution in [0.1, 0.15) is 4.88 Å². The summed E-state index contributed by atoms with van der Waals surface area (Å²) in [7, 11) is 0. The van der Waals surface area contributed by atoms with Gasteiger partial charge in [-0.3, -0.25) is 0 Å². The molecule has 1 aromatic heterocycles. The number of anilines is 1. The summed E-state index contributed by atoms with van der Waals surface area (Å²) in [6.07, 6.45) is 0. The van der Waals surface area contributed by atoms with Gasteiger partial charge in [0, 0.05) is 15.5 Å². The first kappa shape index (κ1) is 11.0. The molecule has 1 heterocycles. The van der Waals surface area contributed by atoms with Crippen molar-refractivity contribution in [3.63, 3.8) is 0 Å². The highest BCUT2D eigenvalue weighted by Crippen LogP contribution is 2.41. The summed E-state index contributed by atoms with van der Waals surface area (Å²) < 4.78 is 0.981. The van der Waals surface area contributed by atoms with Gasteiger partial charge in [0.25, 0.3) is 0 Å². The minimum atomic E-state index is 0.730. The van der Waals surface area contributed by atoms with Gasteiger partial charge in [0.05, 0.1) is 9.47 Å². The predicted molar refractivity (Wildman–Crippen MR) is 71.6 cm³/mol. The molecule has 2 N–H and O–H groups in total. The van der Waals surface area contributed by atoms with E-state index in [2.05, 4.69) is 22.9 Å². The van der Waals surface area contributed by atoms with Crippen molar-refractivity contribution in [1.82, 2.24) is 0 Å². The minimum absolute atomic E-state index is 0.730. The number of halogens is 2. The number of benzene rings is 1. The molecule has 2 aromatic rings. The second kappa shape index (κ2) is 4.16. The number of hydrogen-bond acceptors (Lipinski definition) is 2. The first-order valence-electron chi connectivity index (χ1n) is 4.40. The summed E-state index contributed by atoms with van der Waals surface area (Å²) in [5.41, 5.74) is 8.94. The smallest absolute Gasteiger partial charge is 0.0936 e. The molecule has 1 nitrogen and oxygen atoms in total. The first-order valence-corrected chi connectivity index (χ1v) is 6.38. The van der Waals surface area contributed by atoms with Crippen molar-refractivity contribution < 1.29 is 0 Å². The van der Waals surface area contributed by atoms with E-state index in [-0.39, 0.29) is 0 Å². The van der Waals surface area contributed by atoms with E-state index in [9.17, 15) is 0 Å². The maximum Gasteiger partial charge on any atom is 0.0936 e. The Morgan fingerprint density at radius 1 is 1.40 bits per heavy atom. The van der Waals surface area contributed by atoms with E-state index in [1.54, 1.807) is 11.3 Å². The molecule has 0 atom stereocenters. The van der Waals surface area contributed by atoms with Crippen molar-refractivity contribution >= 4 is 44.6 Å². The lowest BCUT2D eigenvalue weighted by Crippen LogP contribution is -1.87. The third kappa shape index (κ3) is 2.05. The largest absolute Gasteiger partial charge is 0.397 e. The summed E-state index contributed by atoms with van der Waals surface area (Å²) in [5, 5.41) is 0.730. The second-order valence-electron chi connectivity index (χ2n) is 3.23. The predicted octanol–water partition coefficient (Wildman–Crippen LogP) is 4.72. The average Bonchev–Trinajstić information content (AvgIpc) is 2.41. The zero-order valence-electron chi connectivity index (χ0n) is 8.05. The summed E-state index contributed by atoms with van der Waals surface area (Å²) in [5.74, 6) is 0. The van der Waals surface area contributed by atoms with Crippen LogP contribution in [0.3, 0.4) is 0 Å². The van der Waals surface area contributed by atoms with Crippen molar-refractivity contribution in [2.45, 2.75) is 6.92 Å². The fourth-order valence-electron chi connectivity index (χ4n) is 1.53. The topological polar surface area (TPSA) is 26.0 Å². The van der Waals surface area contributed by atoms with Crippen LogP contribution in [0, 0.1) is 6.92 Å². The van der Waals surface area contributed by atoms with Crippen LogP contribution in [0.5, 0.6) is 0 Å². The molecular formula is C11H9BrClNS. The molecule has 0 saturated heterocycles. The van der Waals surface area contributed by atoms with Crippen molar-refractivity contribution in [3.05, 3.63) is 38.0 Å². The number of hydrogen-bond donors (Lipinski definition) is 1. The zero-order valence-corrected chi connectivity index (χ0v) is 11.2. The Labute approximate surface area is 106 Å². The van der Waals surface area contributed by atoms with Gasteiger partial charge >= 0.3 is 0 Å². The summed E-state index contributed by atoms with van der Waals surface area (Å²) in [6, 6.07) is 7.74. The number of rotatable bonds is 1. The van der Waals surface area contributed by atoms with Gasteiger partial charge in [-0.25, -0.2) is 0 Å². The van der Waals surface area contributed by atoms with E-state index in [0.717, 1.165) is 25.6 Å². The normalized spacial score (nSPS) is 10.6. The van der Waals surface area contributed by atoms with E-state index in [1.807, 2.05) is 24.3 Å². The molecule has 0 unspecified atom stereocenters. The molecule has 0 amide bonds. The van der Waals surface area contributed by atoms with Gasteiger partial charge in [0.2, 0.25) is 0 Å². The van der Waals surface area contributed by atoms with Crippen LogP contribution in [-0.2, 0) is 0 Å². The number of aryl methyl sites for hydroxylation is 1. The van der Waals surface area contributed by atoms with Gasteiger partial charge in [-0.2, -0.15) is 0 Å². The molecule has 78 valence electrons. The average molecular weight is 303 g/mol. The zero-order chi connectivity index (χ0) is 11.0. The Bertz CT molecular complexity index is 507. The van der Waals surface area contributed by atoms with Crippen molar-refractivity contribution in [2.75, 3.05) is 5.73 Å². The first-order chi connectivity index (χ1) is 7.09. The number of nitrogen functional groups attached to an aromatic ring is 1. The Morgan fingerprint density at radius 3 is 2.67 bits per heavy atom. The molecule has 4 heteroatoms. The minimum Gasteiger partial charge on any atom is -0.397 e. The Balaban J connectivity index is 2.63. The van der Waals surface area contributed by atoms with Crippen molar-refractivity contribution in [2.24, 2.45) is 0 Å². The molecule has 1 aromatic carbocycles. The number of thiophene rings is 1. The summed E-state index contributed by atoms with van der Waals surface area (Å²) in [6.45, 7) is 2.06. The maximum absolute atomic E-state index is 6.01. The fraction of sp³-hybridized carbons (Fsp3) is 0.0909. The van der Waals surface area contributed by atoms with Crippen LogP contribution >= 0.6 is 38.9 Å². The molecule has 0 bridgehead atoms. The van der Waals surface area contributed by atoms with Crippen LogP contribution in [0.15, 0.2) is 28.1 Å².